The van der Waals surface area contributed by atoms with Gasteiger partial charge in [-0.2, -0.15) is 0 Å². The van der Waals surface area contributed by atoms with Gasteiger partial charge in [-0.1, -0.05) is 12.1 Å². The number of piperazine rings is 1. The summed E-state index contributed by atoms with van der Waals surface area (Å²) in [6, 6.07) is 8.60. The second-order valence-electron chi connectivity index (χ2n) is 10.7. The van der Waals surface area contributed by atoms with Gasteiger partial charge in [-0.05, 0) is 87.7 Å². The van der Waals surface area contributed by atoms with Crippen LogP contribution in [0.1, 0.15) is 52.4 Å². The predicted molar refractivity (Wildman–Crippen MR) is 124 cm³/mol. The molecule has 0 unspecified atom stereocenters. The van der Waals surface area contributed by atoms with E-state index in [1.165, 1.54) is 44.2 Å². The van der Waals surface area contributed by atoms with Gasteiger partial charge in [-0.3, -0.25) is 9.69 Å². The van der Waals surface area contributed by atoms with Crippen molar-refractivity contribution in [3.05, 3.63) is 24.3 Å². The van der Waals surface area contributed by atoms with Gasteiger partial charge >= 0.3 is 0 Å². The third kappa shape index (κ3) is 4.30. The first-order valence-electron chi connectivity index (χ1n) is 12.5. The molecule has 1 saturated heterocycles. The second kappa shape index (κ2) is 8.65. The number of nitrogens with one attached hydrogen (secondary N) is 1. The van der Waals surface area contributed by atoms with Gasteiger partial charge in [0.05, 0.1) is 18.8 Å². The third-order valence-corrected chi connectivity index (χ3v) is 8.63. The number of hydrogen-bond acceptors (Lipinski definition) is 4. The van der Waals surface area contributed by atoms with Crippen molar-refractivity contribution in [3.8, 4) is 5.75 Å². The van der Waals surface area contributed by atoms with Crippen molar-refractivity contribution in [1.82, 2.24) is 10.2 Å². The van der Waals surface area contributed by atoms with Crippen LogP contribution >= 0.6 is 0 Å². The molecule has 31 heavy (non-hydrogen) atoms. The van der Waals surface area contributed by atoms with E-state index < -0.39 is 0 Å². The number of para-hydroxylation sites is 2. The standard InChI is InChI=1S/C26H39N3O2/c1-3-31-24-7-5-4-6-23(24)29-10-8-28(9-11-29)18-25(30)27-19(2)26-15-20-12-21(16-26)14-22(13-20)17-26/h4-7,19-22H,3,8-18H2,1-2H3,(H,27,30)/t19-,20?,21?,22?,26?/m1/s1. The molecule has 1 N–H and O–H groups in total. The molecule has 0 radical (unpaired) electrons. The Bertz CT molecular complexity index is 751. The van der Waals surface area contributed by atoms with Gasteiger partial charge < -0.3 is 15.0 Å². The summed E-state index contributed by atoms with van der Waals surface area (Å²) in [6.07, 6.45) is 8.40. The Labute approximate surface area is 187 Å². The zero-order chi connectivity index (χ0) is 21.4. The maximum atomic E-state index is 12.9. The SMILES string of the molecule is CCOc1ccccc1N1CCN(CC(=O)N[C@H](C)C23CC4CC(CC(C4)C2)C3)CC1. The zero-order valence-electron chi connectivity index (χ0n) is 19.3. The Morgan fingerprint density at radius 1 is 1.06 bits per heavy atom. The highest BCUT2D eigenvalue weighted by molar-refractivity contribution is 5.78. The van der Waals surface area contributed by atoms with E-state index in [2.05, 4.69) is 34.2 Å². The van der Waals surface area contributed by atoms with Crippen molar-refractivity contribution < 1.29 is 9.53 Å². The fourth-order valence-corrected chi connectivity index (χ4v) is 7.49. The molecule has 4 bridgehead atoms. The van der Waals surface area contributed by atoms with Gasteiger partial charge in [-0.15, -0.1) is 0 Å². The molecule has 4 saturated carbocycles. The molecule has 0 aromatic heterocycles. The molecule has 5 nitrogen and oxygen atoms in total. The van der Waals surface area contributed by atoms with Crippen LogP contribution in [0.3, 0.4) is 0 Å². The van der Waals surface area contributed by atoms with E-state index in [0.717, 1.165) is 49.7 Å². The normalized spacial score (nSPS) is 33.4. The Morgan fingerprint density at radius 3 is 2.29 bits per heavy atom. The summed E-state index contributed by atoms with van der Waals surface area (Å²) in [6.45, 7) is 9.21. The van der Waals surface area contributed by atoms with Crippen LogP contribution in [-0.2, 0) is 4.79 Å². The average Bonchev–Trinajstić information content (AvgIpc) is 2.74. The van der Waals surface area contributed by atoms with Gasteiger partial charge in [0.25, 0.3) is 0 Å². The maximum absolute atomic E-state index is 12.9. The molecule has 1 aromatic rings. The topological polar surface area (TPSA) is 44.8 Å². The largest absolute Gasteiger partial charge is 0.492 e. The lowest BCUT2D eigenvalue weighted by molar-refractivity contribution is -0.127. The molecule has 5 aliphatic rings. The van der Waals surface area contributed by atoms with Gasteiger partial charge in [0.15, 0.2) is 0 Å². The second-order valence-corrected chi connectivity index (χ2v) is 10.7. The molecule has 5 heteroatoms. The smallest absolute Gasteiger partial charge is 0.234 e. The lowest BCUT2D eigenvalue weighted by atomic mass is 9.48. The van der Waals surface area contributed by atoms with Gasteiger partial charge in [0.1, 0.15) is 5.75 Å². The third-order valence-electron chi connectivity index (χ3n) is 8.63. The van der Waals surface area contributed by atoms with Crippen LogP contribution in [0.15, 0.2) is 24.3 Å². The van der Waals surface area contributed by atoms with Crippen molar-refractivity contribution in [2.45, 2.75) is 58.4 Å². The predicted octanol–water partition coefficient (Wildman–Crippen LogP) is 3.93. The van der Waals surface area contributed by atoms with E-state index in [9.17, 15) is 4.79 Å². The van der Waals surface area contributed by atoms with Gasteiger partial charge in [-0.25, -0.2) is 0 Å². The quantitative estimate of drug-likeness (QED) is 0.719. The Balaban J connectivity index is 1.12. The van der Waals surface area contributed by atoms with Crippen LogP contribution in [0.5, 0.6) is 5.75 Å². The van der Waals surface area contributed by atoms with Crippen molar-refractivity contribution >= 4 is 11.6 Å². The highest BCUT2D eigenvalue weighted by Crippen LogP contribution is 2.61. The molecule has 0 spiro atoms. The summed E-state index contributed by atoms with van der Waals surface area (Å²) < 4.78 is 5.81. The number of carbonyl (C=O) groups is 1. The number of ether oxygens (including phenoxy) is 1. The molecular weight excluding hydrogens is 386 g/mol. The molecule has 1 amide bonds. The molecule has 6 rings (SSSR count). The van der Waals surface area contributed by atoms with E-state index in [1.54, 1.807) is 0 Å². The molecule has 1 aromatic carbocycles. The number of rotatable bonds is 7. The molecule has 1 atom stereocenters. The van der Waals surface area contributed by atoms with Crippen LogP contribution in [0.25, 0.3) is 0 Å². The van der Waals surface area contributed by atoms with Crippen LogP contribution < -0.4 is 15.0 Å². The average molecular weight is 426 g/mol. The maximum Gasteiger partial charge on any atom is 0.234 e. The fraction of sp³-hybridized carbons (Fsp3) is 0.731. The summed E-state index contributed by atoms with van der Waals surface area (Å²) in [5.41, 5.74) is 1.55. The number of carbonyl (C=O) groups excluding carboxylic acids is 1. The minimum absolute atomic E-state index is 0.214. The first-order valence-corrected chi connectivity index (χ1v) is 12.5. The number of hydrogen-bond donors (Lipinski definition) is 1. The molecule has 5 fully saturated rings. The number of amides is 1. The van der Waals surface area contributed by atoms with Crippen molar-refractivity contribution in [3.63, 3.8) is 0 Å². The van der Waals surface area contributed by atoms with Crippen molar-refractivity contribution in [2.24, 2.45) is 23.2 Å². The molecule has 4 aliphatic carbocycles. The molecule has 1 heterocycles. The van der Waals surface area contributed by atoms with Crippen LogP contribution in [-0.4, -0.2) is 56.2 Å². The van der Waals surface area contributed by atoms with E-state index >= 15 is 0 Å². The van der Waals surface area contributed by atoms with E-state index in [0.29, 0.717) is 24.6 Å². The zero-order valence-corrected chi connectivity index (χ0v) is 19.3. The van der Waals surface area contributed by atoms with Crippen molar-refractivity contribution in [1.29, 1.82) is 0 Å². The van der Waals surface area contributed by atoms with E-state index in [-0.39, 0.29) is 5.91 Å². The first-order chi connectivity index (χ1) is 15.0. The monoisotopic (exact) mass is 425 g/mol. The Kier molecular flexibility index (Phi) is 5.89. The summed E-state index contributed by atoms with van der Waals surface area (Å²) in [5, 5.41) is 3.44. The first kappa shape index (κ1) is 21.1. The lowest BCUT2D eigenvalue weighted by Gasteiger charge is -2.59. The molecule has 1 aliphatic heterocycles. The summed E-state index contributed by atoms with van der Waals surface area (Å²) >= 11 is 0. The minimum atomic E-state index is 0.214. The van der Waals surface area contributed by atoms with Gasteiger partial charge in [0, 0.05) is 32.2 Å². The lowest BCUT2D eigenvalue weighted by Crippen LogP contribution is -2.57. The van der Waals surface area contributed by atoms with Crippen LogP contribution in [0, 0.1) is 23.2 Å². The summed E-state index contributed by atoms with van der Waals surface area (Å²) in [4.78, 5) is 17.6. The number of nitrogens with zero attached hydrogens (tertiary/aromatic N) is 2. The number of benzene rings is 1. The van der Waals surface area contributed by atoms with Crippen LogP contribution in [0.2, 0.25) is 0 Å². The summed E-state index contributed by atoms with van der Waals surface area (Å²) in [5.74, 6) is 3.96. The summed E-state index contributed by atoms with van der Waals surface area (Å²) in [7, 11) is 0. The number of anilines is 1. The van der Waals surface area contributed by atoms with E-state index in [4.69, 9.17) is 4.74 Å². The Hall–Kier alpha value is -1.75. The highest BCUT2D eigenvalue weighted by Gasteiger charge is 2.53. The fourth-order valence-electron chi connectivity index (χ4n) is 7.49. The molecule has 170 valence electrons. The van der Waals surface area contributed by atoms with E-state index in [1.807, 2.05) is 19.1 Å². The minimum Gasteiger partial charge on any atom is -0.492 e. The van der Waals surface area contributed by atoms with Gasteiger partial charge in [0.2, 0.25) is 5.91 Å². The van der Waals surface area contributed by atoms with Crippen LogP contribution in [0.4, 0.5) is 5.69 Å². The Morgan fingerprint density at radius 2 is 1.68 bits per heavy atom. The molecular formula is C26H39N3O2. The highest BCUT2D eigenvalue weighted by atomic mass is 16.5. The van der Waals surface area contributed by atoms with Crippen molar-refractivity contribution in [2.75, 3.05) is 44.2 Å².